The number of Topliss-reactive ketones (excluding diaryl/α,β-unsaturated/α-hetero) is 1. The number of nitrogens with one attached hydrogen (secondary N) is 1. The second kappa shape index (κ2) is 5.21. The summed E-state index contributed by atoms with van der Waals surface area (Å²) in [5, 5.41) is 3.80. The van der Waals surface area contributed by atoms with Gasteiger partial charge in [-0.05, 0) is 36.5 Å². The van der Waals surface area contributed by atoms with E-state index in [1.807, 2.05) is 20.8 Å². The maximum atomic E-state index is 13.2. The van der Waals surface area contributed by atoms with Gasteiger partial charge < -0.3 is 5.32 Å². The van der Waals surface area contributed by atoms with Crippen molar-refractivity contribution >= 4 is 56.5 Å². The van der Waals surface area contributed by atoms with E-state index in [1.54, 1.807) is 18.2 Å². The van der Waals surface area contributed by atoms with Crippen molar-refractivity contribution in [2.45, 2.75) is 38.4 Å². The van der Waals surface area contributed by atoms with Crippen molar-refractivity contribution in [2.24, 2.45) is 16.2 Å². The number of benzene rings is 1. The van der Waals surface area contributed by atoms with Gasteiger partial charge in [0.1, 0.15) is 0 Å². The standard InChI is InChI=1S/C17H18BrCl2NO2/c1-15(2)16(3)6-7-17(15,12(18)13(16)22)14(23)21-11-5-4-9(19)8-10(11)20/h4-5,8,12H,6-7H2,1-3H3,(H,21,23)/t12-,16-,17+/m1/s1. The molecule has 0 aliphatic heterocycles. The SMILES string of the molecule is CC1(C)[C@]2(C)CC[C@@]1(C(=O)Nc1ccc(Cl)cc1Cl)[C@H](Br)C2=O. The number of fused-ring (bicyclic) bond motifs is 2. The largest absolute Gasteiger partial charge is 0.324 e. The summed E-state index contributed by atoms with van der Waals surface area (Å²) in [4.78, 5) is 25.4. The predicted molar refractivity (Wildman–Crippen MR) is 96.4 cm³/mol. The molecule has 0 saturated heterocycles. The Bertz CT molecular complexity index is 721. The van der Waals surface area contributed by atoms with E-state index in [4.69, 9.17) is 23.2 Å². The highest BCUT2D eigenvalue weighted by atomic mass is 79.9. The van der Waals surface area contributed by atoms with E-state index in [0.717, 1.165) is 6.42 Å². The number of rotatable bonds is 2. The predicted octanol–water partition coefficient (Wildman–Crippen LogP) is 5.09. The average molecular weight is 419 g/mol. The molecule has 0 spiro atoms. The van der Waals surface area contributed by atoms with Crippen LogP contribution in [0.2, 0.25) is 10.0 Å². The zero-order valence-corrected chi connectivity index (χ0v) is 16.3. The highest BCUT2D eigenvalue weighted by Crippen LogP contribution is 2.72. The third-order valence-electron chi connectivity index (χ3n) is 6.31. The fourth-order valence-corrected chi connectivity index (χ4v) is 6.25. The molecule has 3 atom stereocenters. The topological polar surface area (TPSA) is 46.2 Å². The Morgan fingerprint density at radius 2 is 1.91 bits per heavy atom. The number of amides is 1. The molecule has 0 unspecified atom stereocenters. The fourth-order valence-electron chi connectivity index (χ4n) is 4.28. The molecule has 3 rings (SSSR count). The zero-order valence-electron chi connectivity index (χ0n) is 13.2. The summed E-state index contributed by atoms with van der Waals surface area (Å²) < 4.78 is 0. The molecular weight excluding hydrogens is 401 g/mol. The van der Waals surface area contributed by atoms with Crippen LogP contribution in [0.3, 0.4) is 0 Å². The summed E-state index contributed by atoms with van der Waals surface area (Å²) in [5.74, 6) is -0.0470. The van der Waals surface area contributed by atoms with Crippen molar-refractivity contribution in [3.8, 4) is 0 Å². The summed E-state index contributed by atoms with van der Waals surface area (Å²) in [7, 11) is 0. The molecule has 2 aliphatic rings. The van der Waals surface area contributed by atoms with Gasteiger partial charge in [-0.2, -0.15) is 0 Å². The number of carbonyl (C=O) groups excluding carboxylic acids is 2. The molecule has 124 valence electrons. The Morgan fingerprint density at radius 1 is 1.26 bits per heavy atom. The first-order valence-electron chi connectivity index (χ1n) is 7.53. The third-order valence-corrected chi connectivity index (χ3v) is 8.05. The first-order valence-corrected chi connectivity index (χ1v) is 9.20. The summed E-state index contributed by atoms with van der Waals surface area (Å²) in [5.41, 5.74) is -1.18. The van der Waals surface area contributed by atoms with Gasteiger partial charge in [0, 0.05) is 10.4 Å². The van der Waals surface area contributed by atoms with Crippen LogP contribution in [0.4, 0.5) is 5.69 Å². The van der Waals surface area contributed by atoms with E-state index in [0.29, 0.717) is 22.2 Å². The minimum absolute atomic E-state index is 0.117. The molecule has 6 heteroatoms. The monoisotopic (exact) mass is 417 g/mol. The van der Waals surface area contributed by atoms with Gasteiger partial charge >= 0.3 is 0 Å². The second-order valence-corrected chi connectivity index (χ2v) is 8.99. The number of carbonyl (C=O) groups is 2. The van der Waals surface area contributed by atoms with Crippen molar-refractivity contribution in [1.29, 1.82) is 0 Å². The molecule has 0 aromatic heterocycles. The Labute approximate surface area is 154 Å². The first kappa shape index (κ1) is 17.2. The van der Waals surface area contributed by atoms with Gasteiger partial charge in [0.15, 0.2) is 5.78 Å². The highest BCUT2D eigenvalue weighted by molar-refractivity contribution is 9.10. The summed E-state index contributed by atoms with van der Waals surface area (Å²) in [6.45, 7) is 6.01. The molecule has 1 amide bonds. The number of halogens is 3. The molecule has 23 heavy (non-hydrogen) atoms. The van der Waals surface area contributed by atoms with Crippen LogP contribution in [0.1, 0.15) is 33.6 Å². The van der Waals surface area contributed by atoms with E-state index in [9.17, 15) is 9.59 Å². The second-order valence-electron chi connectivity index (χ2n) is 7.23. The van der Waals surface area contributed by atoms with Crippen LogP contribution in [0.5, 0.6) is 0 Å². The molecule has 2 aliphatic carbocycles. The van der Waals surface area contributed by atoms with Crippen LogP contribution in [0.15, 0.2) is 18.2 Å². The van der Waals surface area contributed by atoms with Crippen LogP contribution in [0, 0.1) is 16.2 Å². The summed E-state index contributed by atoms with van der Waals surface area (Å²) >= 11 is 15.6. The van der Waals surface area contributed by atoms with E-state index in [-0.39, 0.29) is 11.7 Å². The molecule has 2 saturated carbocycles. The van der Waals surface area contributed by atoms with Crippen molar-refractivity contribution in [2.75, 3.05) is 5.32 Å². The third kappa shape index (κ3) is 2.01. The Hall–Kier alpha value is -0.580. The molecule has 1 N–H and O–H groups in total. The fraction of sp³-hybridized carbons (Fsp3) is 0.529. The van der Waals surface area contributed by atoms with Gasteiger partial charge in [-0.15, -0.1) is 0 Å². The van der Waals surface area contributed by atoms with Crippen LogP contribution in [-0.4, -0.2) is 16.5 Å². The lowest BCUT2D eigenvalue weighted by molar-refractivity contribution is -0.130. The highest BCUT2D eigenvalue weighted by Gasteiger charge is 2.76. The minimum Gasteiger partial charge on any atom is -0.324 e. The zero-order chi connectivity index (χ0) is 17.2. The van der Waals surface area contributed by atoms with Gasteiger partial charge in [-0.1, -0.05) is 59.9 Å². The number of alkyl halides is 1. The maximum Gasteiger partial charge on any atom is 0.232 e. The van der Waals surface area contributed by atoms with Gasteiger partial charge in [-0.25, -0.2) is 0 Å². The van der Waals surface area contributed by atoms with Gasteiger partial charge in [-0.3, -0.25) is 9.59 Å². The smallest absolute Gasteiger partial charge is 0.232 e. The Balaban J connectivity index is 2.00. The maximum absolute atomic E-state index is 13.2. The Morgan fingerprint density at radius 3 is 2.43 bits per heavy atom. The van der Waals surface area contributed by atoms with E-state index in [1.165, 1.54) is 0 Å². The lowest BCUT2D eigenvalue weighted by Crippen LogP contribution is -2.48. The molecule has 1 aromatic carbocycles. The van der Waals surface area contributed by atoms with Crippen LogP contribution in [0.25, 0.3) is 0 Å². The molecule has 2 bridgehead atoms. The summed E-state index contributed by atoms with van der Waals surface area (Å²) in [6.07, 6.45) is 1.40. The van der Waals surface area contributed by atoms with Gasteiger partial charge in [0.05, 0.1) is 21.0 Å². The lowest BCUT2D eigenvalue weighted by atomic mass is 9.64. The molecule has 1 aromatic rings. The molecule has 3 nitrogen and oxygen atoms in total. The number of hydrogen-bond acceptors (Lipinski definition) is 2. The van der Waals surface area contributed by atoms with Crippen LogP contribution < -0.4 is 5.32 Å². The van der Waals surface area contributed by atoms with Crippen molar-refractivity contribution < 1.29 is 9.59 Å². The van der Waals surface area contributed by atoms with E-state index in [2.05, 4.69) is 21.2 Å². The van der Waals surface area contributed by atoms with Crippen molar-refractivity contribution in [3.05, 3.63) is 28.2 Å². The number of hydrogen-bond donors (Lipinski definition) is 1. The summed E-state index contributed by atoms with van der Waals surface area (Å²) in [6, 6.07) is 4.95. The molecule has 0 radical (unpaired) electrons. The molecule has 2 fully saturated rings. The number of anilines is 1. The Kier molecular flexibility index (Phi) is 3.90. The minimum atomic E-state index is -0.776. The van der Waals surface area contributed by atoms with E-state index < -0.39 is 21.1 Å². The molecular formula is C17H18BrCl2NO2. The quantitative estimate of drug-likeness (QED) is 0.679. The number of ketones is 1. The lowest BCUT2D eigenvalue weighted by Gasteiger charge is -2.39. The van der Waals surface area contributed by atoms with E-state index >= 15 is 0 Å². The van der Waals surface area contributed by atoms with Crippen molar-refractivity contribution in [1.82, 2.24) is 0 Å². The van der Waals surface area contributed by atoms with Gasteiger partial charge in [0.25, 0.3) is 0 Å². The normalized spacial score (nSPS) is 34.7. The van der Waals surface area contributed by atoms with Crippen LogP contribution >= 0.6 is 39.1 Å². The first-order chi connectivity index (χ1) is 10.6. The van der Waals surface area contributed by atoms with Gasteiger partial charge in [0.2, 0.25) is 5.91 Å². The van der Waals surface area contributed by atoms with Crippen LogP contribution in [-0.2, 0) is 9.59 Å². The molecule has 0 heterocycles. The van der Waals surface area contributed by atoms with Crippen molar-refractivity contribution in [3.63, 3.8) is 0 Å². The average Bonchev–Trinajstić information content (AvgIpc) is 2.74.